The average Bonchev–Trinajstić information content (AvgIpc) is 2.30. The van der Waals surface area contributed by atoms with E-state index in [0.717, 1.165) is 30.8 Å². The summed E-state index contributed by atoms with van der Waals surface area (Å²) in [6.45, 7) is 6.86. The molecule has 0 aliphatic heterocycles. The Kier molecular flexibility index (Phi) is 5.65. The van der Waals surface area contributed by atoms with Crippen LogP contribution in [0.15, 0.2) is 0 Å². The van der Waals surface area contributed by atoms with E-state index in [1.54, 1.807) is 0 Å². The van der Waals surface area contributed by atoms with Crippen LogP contribution >= 0.6 is 11.6 Å². The summed E-state index contributed by atoms with van der Waals surface area (Å²) in [5, 5.41) is 12.7. The van der Waals surface area contributed by atoms with E-state index in [1.807, 2.05) is 13.8 Å². The van der Waals surface area contributed by atoms with Gasteiger partial charge in [0.1, 0.15) is 16.8 Å². The minimum absolute atomic E-state index is 0.225. The van der Waals surface area contributed by atoms with Crippen molar-refractivity contribution < 1.29 is 5.11 Å². The summed E-state index contributed by atoms with van der Waals surface area (Å²) in [5.41, 5.74) is 0.871. The summed E-state index contributed by atoms with van der Waals surface area (Å²) < 4.78 is 0. The van der Waals surface area contributed by atoms with Crippen molar-refractivity contribution in [2.75, 3.05) is 18.5 Å². The number of nitrogens with zero attached hydrogens (tertiary/aromatic N) is 2. The van der Waals surface area contributed by atoms with Crippen LogP contribution in [0.4, 0.5) is 5.82 Å². The summed E-state index contributed by atoms with van der Waals surface area (Å²) in [6, 6.07) is 0. The highest BCUT2D eigenvalue weighted by molar-refractivity contribution is 6.30. The minimum Gasteiger partial charge on any atom is -0.396 e. The molecule has 4 nitrogen and oxygen atoms in total. The van der Waals surface area contributed by atoms with Crippen LogP contribution in [-0.2, 0) is 0 Å². The molecule has 1 atom stereocenters. The number of nitrogens with one attached hydrogen (secondary N) is 1. The summed E-state index contributed by atoms with van der Waals surface area (Å²) in [6.07, 6.45) is 1.84. The van der Waals surface area contributed by atoms with Crippen LogP contribution in [-0.4, -0.2) is 28.2 Å². The van der Waals surface area contributed by atoms with Gasteiger partial charge in [-0.3, -0.25) is 0 Å². The van der Waals surface area contributed by atoms with Crippen molar-refractivity contribution in [2.24, 2.45) is 5.92 Å². The fourth-order valence-corrected chi connectivity index (χ4v) is 1.85. The van der Waals surface area contributed by atoms with Gasteiger partial charge < -0.3 is 10.4 Å². The molecule has 0 radical (unpaired) electrons. The van der Waals surface area contributed by atoms with E-state index < -0.39 is 0 Å². The Hall–Kier alpha value is -0.870. The largest absolute Gasteiger partial charge is 0.396 e. The van der Waals surface area contributed by atoms with Crippen molar-refractivity contribution >= 4 is 17.4 Å². The molecule has 5 heteroatoms. The number of aryl methyl sites for hydroxylation is 1. The highest BCUT2D eigenvalue weighted by Crippen LogP contribution is 2.20. The van der Waals surface area contributed by atoms with Gasteiger partial charge in [-0.2, -0.15) is 0 Å². The van der Waals surface area contributed by atoms with Crippen LogP contribution in [0.2, 0.25) is 5.15 Å². The summed E-state index contributed by atoms with van der Waals surface area (Å²) in [7, 11) is 0. The molecule has 0 aromatic carbocycles. The molecule has 0 amide bonds. The minimum atomic E-state index is 0.225. The molecule has 96 valence electrons. The van der Waals surface area contributed by atoms with Gasteiger partial charge in [-0.15, -0.1) is 0 Å². The van der Waals surface area contributed by atoms with Crippen molar-refractivity contribution in [2.45, 2.75) is 33.6 Å². The Labute approximate surface area is 107 Å². The molecule has 1 aromatic rings. The number of aromatic nitrogens is 2. The highest BCUT2D eigenvalue weighted by atomic mass is 35.5. The first-order chi connectivity index (χ1) is 8.08. The third-order valence-electron chi connectivity index (χ3n) is 2.87. The molecule has 0 saturated carbocycles. The number of rotatable bonds is 6. The van der Waals surface area contributed by atoms with E-state index in [-0.39, 0.29) is 6.61 Å². The molecule has 0 spiro atoms. The van der Waals surface area contributed by atoms with Crippen LogP contribution in [0.25, 0.3) is 0 Å². The Morgan fingerprint density at radius 1 is 1.35 bits per heavy atom. The molecule has 0 aliphatic carbocycles. The van der Waals surface area contributed by atoms with Crippen LogP contribution in [0, 0.1) is 19.8 Å². The van der Waals surface area contributed by atoms with Crippen LogP contribution < -0.4 is 5.32 Å². The fraction of sp³-hybridized carbons (Fsp3) is 0.667. The predicted molar refractivity (Wildman–Crippen MR) is 70.5 cm³/mol. The topological polar surface area (TPSA) is 58.0 Å². The number of hydrogen-bond acceptors (Lipinski definition) is 4. The first-order valence-corrected chi connectivity index (χ1v) is 6.31. The van der Waals surface area contributed by atoms with Gasteiger partial charge >= 0.3 is 0 Å². The number of aliphatic hydroxyl groups excluding tert-OH is 1. The van der Waals surface area contributed by atoms with E-state index in [9.17, 15) is 0 Å². The molecule has 1 heterocycles. The second-order valence-corrected chi connectivity index (χ2v) is 4.56. The number of hydrogen-bond donors (Lipinski definition) is 2. The first-order valence-electron chi connectivity index (χ1n) is 5.94. The van der Waals surface area contributed by atoms with E-state index in [1.165, 1.54) is 0 Å². The maximum atomic E-state index is 8.93. The van der Waals surface area contributed by atoms with Gasteiger partial charge in [0.25, 0.3) is 0 Å². The van der Waals surface area contributed by atoms with Crippen LogP contribution in [0.5, 0.6) is 0 Å². The zero-order valence-corrected chi connectivity index (χ0v) is 11.4. The van der Waals surface area contributed by atoms with Crippen LogP contribution in [0.3, 0.4) is 0 Å². The zero-order valence-electron chi connectivity index (χ0n) is 10.6. The Balaban J connectivity index is 2.68. The second kappa shape index (κ2) is 6.77. The monoisotopic (exact) mass is 257 g/mol. The van der Waals surface area contributed by atoms with Gasteiger partial charge in [-0.05, 0) is 26.2 Å². The fourth-order valence-electron chi connectivity index (χ4n) is 1.64. The molecule has 0 fully saturated rings. The zero-order chi connectivity index (χ0) is 12.8. The third kappa shape index (κ3) is 4.13. The highest BCUT2D eigenvalue weighted by Gasteiger charge is 2.10. The van der Waals surface area contributed by atoms with Gasteiger partial charge in [0, 0.05) is 18.7 Å². The quantitative estimate of drug-likeness (QED) is 0.769. The Morgan fingerprint density at radius 3 is 2.65 bits per heavy atom. The molecule has 2 N–H and O–H groups in total. The Bertz CT molecular complexity index is 371. The SMILES string of the molecule is CCC(CCO)CNc1nc(C)nc(Cl)c1C. The van der Waals surface area contributed by atoms with E-state index in [0.29, 0.717) is 16.9 Å². The number of halogens is 1. The third-order valence-corrected chi connectivity index (χ3v) is 3.24. The molecule has 1 aromatic heterocycles. The normalized spacial score (nSPS) is 12.5. The second-order valence-electron chi connectivity index (χ2n) is 4.20. The van der Waals surface area contributed by atoms with Gasteiger partial charge in [-0.1, -0.05) is 24.9 Å². The summed E-state index contributed by atoms with van der Waals surface area (Å²) in [5.74, 6) is 1.91. The van der Waals surface area contributed by atoms with E-state index >= 15 is 0 Å². The van der Waals surface area contributed by atoms with Crippen molar-refractivity contribution in [3.63, 3.8) is 0 Å². The Morgan fingerprint density at radius 2 is 2.06 bits per heavy atom. The smallest absolute Gasteiger partial charge is 0.137 e. The molecule has 0 aliphatic rings. The van der Waals surface area contributed by atoms with Crippen molar-refractivity contribution in [1.29, 1.82) is 0 Å². The molecule has 1 unspecified atom stereocenters. The average molecular weight is 258 g/mol. The molecule has 0 saturated heterocycles. The molecular formula is C12H20ClN3O. The van der Waals surface area contributed by atoms with Gasteiger partial charge in [-0.25, -0.2) is 9.97 Å². The number of anilines is 1. The van der Waals surface area contributed by atoms with E-state index in [2.05, 4.69) is 22.2 Å². The lowest BCUT2D eigenvalue weighted by Gasteiger charge is -2.16. The van der Waals surface area contributed by atoms with E-state index in [4.69, 9.17) is 16.7 Å². The molecule has 0 bridgehead atoms. The summed E-state index contributed by atoms with van der Waals surface area (Å²) >= 11 is 6.00. The lowest BCUT2D eigenvalue weighted by molar-refractivity contribution is 0.258. The van der Waals surface area contributed by atoms with Gasteiger partial charge in [0.05, 0.1) is 0 Å². The van der Waals surface area contributed by atoms with Gasteiger partial charge in [0.2, 0.25) is 0 Å². The van der Waals surface area contributed by atoms with Gasteiger partial charge in [0.15, 0.2) is 0 Å². The lowest BCUT2D eigenvalue weighted by Crippen LogP contribution is -2.17. The maximum Gasteiger partial charge on any atom is 0.137 e. The maximum absolute atomic E-state index is 8.93. The first kappa shape index (κ1) is 14.2. The van der Waals surface area contributed by atoms with Crippen molar-refractivity contribution in [3.05, 3.63) is 16.5 Å². The summed E-state index contributed by atoms with van der Waals surface area (Å²) in [4.78, 5) is 8.42. The molecule has 17 heavy (non-hydrogen) atoms. The standard InChI is InChI=1S/C12H20ClN3O/c1-4-10(5-6-17)7-14-12-8(2)11(13)15-9(3)16-12/h10,17H,4-7H2,1-3H3,(H,14,15,16). The van der Waals surface area contributed by atoms with Crippen LogP contribution in [0.1, 0.15) is 31.2 Å². The van der Waals surface area contributed by atoms with Crippen molar-refractivity contribution in [1.82, 2.24) is 9.97 Å². The lowest BCUT2D eigenvalue weighted by atomic mass is 10.0. The predicted octanol–water partition coefficient (Wildman–Crippen LogP) is 2.57. The van der Waals surface area contributed by atoms with Crippen molar-refractivity contribution in [3.8, 4) is 0 Å². The molecular weight excluding hydrogens is 238 g/mol. The molecule has 1 rings (SSSR count). The number of aliphatic hydroxyl groups is 1.